The minimum Gasteiger partial charge on any atom is -0.494 e. The Labute approximate surface area is 131 Å². The Kier molecular flexibility index (Phi) is 5.83. The highest BCUT2D eigenvalue weighted by Crippen LogP contribution is 2.18. The fourth-order valence-electron chi connectivity index (χ4n) is 1.95. The maximum Gasteiger partial charge on any atom is 0.255 e. The van der Waals surface area contributed by atoms with Crippen LogP contribution in [0.15, 0.2) is 48.5 Å². The van der Waals surface area contributed by atoms with Crippen molar-refractivity contribution in [1.82, 2.24) is 0 Å². The predicted octanol–water partition coefficient (Wildman–Crippen LogP) is 4.13. The Morgan fingerprint density at radius 2 is 1.77 bits per heavy atom. The first-order chi connectivity index (χ1) is 10.7. The number of hydrogen-bond donors (Lipinski definition) is 1. The number of rotatable bonds is 7. The van der Waals surface area contributed by atoms with Crippen LogP contribution in [0.3, 0.4) is 0 Å². The van der Waals surface area contributed by atoms with Gasteiger partial charge in [0, 0.05) is 11.3 Å². The smallest absolute Gasteiger partial charge is 0.255 e. The second-order valence-corrected chi connectivity index (χ2v) is 4.79. The van der Waals surface area contributed by atoms with Gasteiger partial charge in [0.1, 0.15) is 11.5 Å². The summed E-state index contributed by atoms with van der Waals surface area (Å²) < 4.78 is 10.9. The van der Waals surface area contributed by atoms with E-state index in [2.05, 4.69) is 12.2 Å². The van der Waals surface area contributed by atoms with E-state index < -0.39 is 0 Å². The second kappa shape index (κ2) is 8.08. The summed E-state index contributed by atoms with van der Waals surface area (Å²) in [4.78, 5) is 12.2. The summed E-state index contributed by atoms with van der Waals surface area (Å²) in [6.45, 7) is 5.24. The predicted molar refractivity (Wildman–Crippen MR) is 87.8 cm³/mol. The van der Waals surface area contributed by atoms with E-state index >= 15 is 0 Å². The molecule has 0 bridgehead atoms. The van der Waals surface area contributed by atoms with E-state index in [4.69, 9.17) is 9.47 Å². The number of benzene rings is 2. The molecule has 4 nitrogen and oxygen atoms in total. The fourth-order valence-corrected chi connectivity index (χ4v) is 1.95. The van der Waals surface area contributed by atoms with Crippen LogP contribution < -0.4 is 14.8 Å². The van der Waals surface area contributed by atoms with E-state index in [0.717, 1.165) is 17.9 Å². The monoisotopic (exact) mass is 299 g/mol. The van der Waals surface area contributed by atoms with E-state index in [9.17, 15) is 4.79 Å². The molecule has 1 N–H and O–H groups in total. The molecule has 0 aliphatic heterocycles. The highest BCUT2D eigenvalue weighted by molar-refractivity contribution is 6.04. The van der Waals surface area contributed by atoms with Gasteiger partial charge in [-0.05, 0) is 55.8 Å². The lowest BCUT2D eigenvalue weighted by molar-refractivity contribution is 0.102. The first-order valence-electron chi connectivity index (χ1n) is 7.50. The van der Waals surface area contributed by atoms with Crippen LogP contribution in [-0.4, -0.2) is 19.1 Å². The maximum absolute atomic E-state index is 12.2. The number of amides is 1. The lowest BCUT2D eigenvalue weighted by Crippen LogP contribution is -2.12. The van der Waals surface area contributed by atoms with Gasteiger partial charge in [-0.3, -0.25) is 4.79 Å². The average Bonchev–Trinajstić information content (AvgIpc) is 2.55. The highest BCUT2D eigenvalue weighted by atomic mass is 16.5. The largest absolute Gasteiger partial charge is 0.494 e. The van der Waals surface area contributed by atoms with Crippen molar-refractivity contribution >= 4 is 11.6 Å². The minimum absolute atomic E-state index is 0.163. The topological polar surface area (TPSA) is 47.6 Å². The van der Waals surface area contributed by atoms with E-state index in [1.807, 2.05) is 43.3 Å². The fraction of sp³-hybridized carbons (Fsp3) is 0.278. The molecule has 0 saturated heterocycles. The number of hydrogen-bond acceptors (Lipinski definition) is 3. The maximum atomic E-state index is 12.2. The summed E-state index contributed by atoms with van der Waals surface area (Å²) in [5.41, 5.74) is 1.30. The molecule has 0 fully saturated rings. The van der Waals surface area contributed by atoms with Crippen LogP contribution >= 0.6 is 0 Å². The standard InChI is InChI=1S/C18H21NO3/c1-3-12-22-16-10-8-15(9-11-16)19-18(20)14-6-5-7-17(13-14)21-4-2/h5-11,13H,3-4,12H2,1-2H3,(H,19,20). The molecule has 116 valence electrons. The Bertz CT molecular complexity index is 608. The van der Waals surface area contributed by atoms with Gasteiger partial charge < -0.3 is 14.8 Å². The Morgan fingerprint density at radius 3 is 2.45 bits per heavy atom. The average molecular weight is 299 g/mol. The summed E-state index contributed by atoms with van der Waals surface area (Å²) in [5.74, 6) is 1.33. The quantitative estimate of drug-likeness (QED) is 0.836. The van der Waals surface area contributed by atoms with Gasteiger partial charge in [-0.15, -0.1) is 0 Å². The zero-order valence-electron chi connectivity index (χ0n) is 13.0. The summed E-state index contributed by atoms with van der Waals surface area (Å²) >= 11 is 0. The van der Waals surface area contributed by atoms with E-state index in [-0.39, 0.29) is 5.91 Å². The molecule has 2 aromatic carbocycles. The Hall–Kier alpha value is -2.49. The van der Waals surface area contributed by atoms with Gasteiger partial charge >= 0.3 is 0 Å². The molecule has 0 aliphatic rings. The van der Waals surface area contributed by atoms with Crippen molar-refractivity contribution in [2.24, 2.45) is 0 Å². The van der Waals surface area contributed by atoms with Gasteiger partial charge in [0.15, 0.2) is 0 Å². The van der Waals surface area contributed by atoms with Crippen LogP contribution in [0.1, 0.15) is 30.6 Å². The third-order valence-electron chi connectivity index (χ3n) is 2.99. The highest BCUT2D eigenvalue weighted by Gasteiger charge is 2.07. The molecular weight excluding hydrogens is 278 g/mol. The van der Waals surface area contributed by atoms with E-state index in [1.165, 1.54) is 0 Å². The van der Waals surface area contributed by atoms with Crippen molar-refractivity contribution in [3.8, 4) is 11.5 Å². The normalized spacial score (nSPS) is 10.1. The van der Waals surface area contributed by atoms with E-state index in [1.54, 1.807) is 12.1 Å². The van der Waals surface area contributed by atoms with Gasteiger partial charge in [0.25, 0.3) is 5.91 Å². The molecule has 1 amide bonds. The Morgan fingerprint density at radius 1 is 1.00 bits per heavy atom. The second-order valence-electron chi connectivity index (χ2n) is 4.79. The van der Waals surface area contributed by atoms with Gasteiger partial charge in [-0.2, -0.15) is 0 Å². The molecule has 22 heavy (non-hydrogen) atoms. The van der Waals surface area contributed by atoms with Gasteiger partial charge in [0.2, 0.25) is 0 Å². The number of anilines is 1. The Balaban J connectivity index is 2.00. The molecule has 2 rings (SSSR count). The molecular formula is C18H21NO3. The molecule has 0 heterocycles. The summed E-state index contributed by atoms with van der Waals surface area (Å²) in [5, 5.41) is 2.86. The molecule has 0 unspecified atom stereocenters. The number of nitrogens with one attached hydrogen (secondary N) is 1. The zero-order valence-corrected chi connectivity index (χ0v) is 13.0. The van der Waals surface area contributed by atoms with Crippen LogP contribution in [0.2, 0.25) is 0 Å². The number of carbonyl (C=O) groups excluding carboxylic acids is 1. The van der Waals surface area contributed by atoms with Crippen LogP contribution in [0.25, 0.3) is 0 Å². The van der Waals surface area contributed by atoms with Crippen LogP contribution in [0, 0.1) is 0 Å². The number of ether oxygens (including phenoxy) is 2. The van der Waals surface area contributed by atoms with Crippen LogP contribution in [0.4, 0.5) is 5.69 Å². The lowest BCUT2D eigenvalue weighted by atomic mass is 10.2. The first kappa shape index (κ1) is 15.9. The van der Waals surface area contributed by atoms with Crippen molar-refractivity contribution < 1.29 is 14.3 Å². The summed E-state index contributed by atoms with van der Waals surface area (Å²) in [6.07, 6.45) is 0.967. The van der Waals surface area contributed by atoms with Gasteiger partial charge in [0.05, 0.1) is 13.2 Å². The third kappa shape index (κ3) is 4.52. The lowest BCUT2D eigenvalue weighted by Gasteiger charge is -2.09. The van der Waals surface area contributed by atoms with Crippen molar-refractivity contribution in [2.75, 3.05) is 18.5 Å². The van der Waals surface area contributed by atoms with Crippen molar-refractivity contribution in [3.63, 3.8) is 0 Å². The molecule has 0 radical (unpaired) electrons. The molecule has 4 heteroatoms. The van der Waals surface area contributed by atoms with Gasteiger partial charge in [-0.1, -0.05) is 13.0 Å². The molecule has 2 aromatic rings. The van der Waals surface area contributed by atoms with Crippen molar-refractivity contribution in [1.29, 1.82) is 0 Å². The molecule has 0 aliphatic carbocycles. The van der Waals surface area contributed by atoms with Crippen LogP contribution in [0.5, 0.6) is 11.5 Å². The first-order valence-corrected chi connectivity index (χ1v) is 7.50. The molecule has 0 saturated carbocycles. The molecule has 0 aromatic heterocycles. The number of carbonyl (C=O) groups is 1. The third-order valence-corrected chi connectivity index (χ3v) is 2.99. The SMILES string of the molecule is CCCOc1ccc(NC(=O)c2cccc(OCC)c2)cc1. The van der Waals surface area contributed by atoms with Crippen molar-refractivity contribution in [2.45, 2.75) is 20.3 Å². The summed E-state index contributed by atoms with van der Waals surface area (Å²) in [7, 11) is 0. The van der Waals surface area contributed by atoms with E-state index in [0.29, 0.717) is 24.5 Å². The van der Waals surface area contributed by atoms with Crippen molar-refractivity contribution in [3.05, 3.63) is 54.1 Å². The minimum atomic E-state index is -0.163. The molecule has 0 atom stereocenters. The van der Waals surface area contributed by atoms with Gasteiger partial charge in [-0.25, -0.2) is 0 Å². The van der Waals surface area contributed by atoms with Crippen LogP contribution in [-0.2, 0) is 0 Å². The zero-order chi connectivity index (χ0) is 15.8. The molecule has 0 spiro atoms. The summed E-state index contributed by atoms with van der Waals surface area (Å²) in [6, 6.07) is 14.5.